The van der Waals surface area contributed by atoms with Gasteiger partial charge in [0.2, 0.25) is 6.79 Å². The van der Waals surface area contributed by atoms with E-state index in [1.165, 1.54) is 5.56 Å². The van der Waals surface area contributed by atoms with Crippen molar-refractivity contribution in [1.29, 1.82) is 0 Å². The summed E-state index contributed by atoms with van der Waals surface area (Å²) in [6.45, 7) is 2.03. The Labute approximate surface area is 105 Å². The molecule has 0 spiro atoms. The monoisotopic (exact) mass is 245 g/mol. The van der Waals surface area contributed by atoms with Crippen LogP contribution in [0.1, 0.15) is 11.4 Å². The quantitative estimate of drug-likeness (QED) is 0.783. The average Bonchev–Trinajstić information content (AvgIpc) is 3.05. The molecule has 18 heavy (non-hydrogen) atoms. The summed E-state index contributed by atoms with van der Waals surface area (Å²) in [6, 6.07) is 6.02. The topological polar surface area (TPSA) is 59.2 Å². The van der Waals surface area contributed by atoms with Crippen molar-refractivity contribution in [3.8, 4) is 11.5 Å². The van der Waals surface area contributed by atoms with Gasteiger partial charge in [0.25, 0.3) is 0 Å². The molecule has 0 aliphatic carbocycles. The number of nitrogens with one attached hydrogen (secondary N) is 2. The van der Waals surface area contributed by atoms with Gasteiger partial charge < -0.3 is 19.8 Å². The molecule has 2 N–H and O–H groups in total. The number of fused-ring (bicyclic) bond motifs is 1. The second kappa shape index (κ2) is 5.10. The summed E-state index contributed by atoms with van der Waals surface area (Å²) in [5.74, 6) is 2.67. The summed E-state index contributed by atoms with van der Waals surface area (Å²) >= 11 is 0. The van der Waals surface area contributed by atoms with E-state index >= 15 is 0 Å². The molecule has 1 aromatic heterocycles. The van der Waals surface area contributed by atoms with E-state index in [2.05, 4.69) is 15.3 Å². The van der Waals surface area contributed by atoms with Crippen molar-refractivity contribution < 1.29 is 9.47 Å². The highest BCUT2D eigenvalue weighted by molar-refractivity contribution is 5.44. The van der Waals surface area contributed by atoms with Gasteiger partial charge in [0.1, 0.15) is 5.82 Å². The van der Waals surface area contributed by atoms with E-state index in [0.717, 1.165) is 36.8 Å². The first-order valence-electron chi connectivity index (χ1n) is 5.99. The number of benzene rings is 1. The van der Waals surface area contributed by atoms with Crippen LogP contribution in [-0.2, 0) is 13.0 Å². The molecule has 1 aromatic carbocycles. The lowest BCUT2D eigenvalue weighted by Gasteiger charge is -2.05. The zero-order valence-electron chi connectivity index (χ0n) is 9.98. The van der Waals surface area contributed by atoms with E-state index in [9.17, 15) is 0 Å². The second-order valence-electron chi connectivity index (χ2n) is 4.15. The Morgan fingerprint density at radius 1 is 1.28 bits per heavy atom. The second-order valence-corrected chi connectivity index (χ2v) is 4.15. The van der Waals surface area contributed by atoms with Gasteiger partial charge in [0, 0.05) is 31.9 Å². The highest BCUT2D eigenvalue weighted by Crippen LogP contribution is 2.32. The molecule has 1 aliphatic heterocycles. The van der Waals surface area contributed by atoms with Crippen molar-refractivity contribution in [2.24, 2.45) is 0 Å². The Hall–Kier alpha value is -2.01. The summed E-state index contributed by atoms with van der Waals surface area (Å²) in [5, 5.41) is 3.37. The number of ether oxygens (including phenoxy) is 2. The maximum atomic E-state index is 5.34. The lowest BCUT2D eigenvalue weighted by molar-refractivity contribution is 0.174. The van der Waals surface area contributed by atoms with Crippen LogP contribution in [0, 0.1) is 0 Å². The zero-order chi connectivity index (χ0) is 12.2. The predicted molar refractivity (Wildman–Crippen MR) is 66.6 cm³/mol. The van der Waals surface area contributed by atoms with E-state index in [0.29, 0.717) is 6.79 Å². The SMILES string of the molecule is c1c[nH]c(CCNCc2ccc3c(c2)OCO3)n1. The van der Waals surface area contributed by atoms with Crippen molar-refractivity contribution in [1.82, 2.24) is 15.3 Å². The third-order valence-electron chi connectivity index (χ3n) is 2.86. The molecule has 94 valence electrons. The Kier molecular flexibility index (Phi) is 3.14. The van der Waals surface area contributed by atoms with Crippen molar-refractivity contribution in [2.45, 2.75) is 13.0 Å². The number of aromatic amines is 1. The van der Waals surface area contributed by atoms with Crippen LogP contribution in [0.3, 0.4) is 0 Å². The Morgan fingerprint density at radius 2 is 2.22 bits per heavy atom. The highest BCUT2D eigenvalue weighted by atomic mass is 16.7. The summed E-state index contributed by atoms with van der Waals surface area (Å²) in [4.78, 5) is 7.26. The molecule has 5 nitrogen and oxygen atoms in total. The fraction of sp³-hybridized carbons (Fsp3) is 0.308. The normalized spacial score (nSPS) is 12.9. The molecular weight excluding hydrogens is 230 g/mol. The predicted octanol–water partition coefficient (Wildman–Crippen LogP) is 1.47. The van der Waals surface area contributed by atoms with Gasteiger partial charge in [-0.05, 0) is 17.7 Å². The molecule has 0 fully saturated rings. The Morgan fingerprint density at radius 3 is 3.11 bits per heavy atom. The van der Waals surface area contributed by atoms with E-state index in [1.807, 2.05) is 24.4 Å². The molecule has 0 radical (unpaired) electrons. The fourth-order valence-corrected chi connectivity index (χ4v) is 1.93. The number of hydrogen-bond donors (Lipinski definition) is 2. The van der Waals surface area contributed by atoms with Crippen LogP contribution in [0.4, 0.5) is 0 Å². The molecular formula is C13H15N3O2. The van der Waals surface area contributed by atoms with Crippen LogP contribution in [0.25, 0.3) is 0 Å². The minimum absolute atomic E-state index is 0.324. The third-order valence-corrected chi connectivity index (χ3v) is 2.86. The van der Waals surface area contributed by atoms with Gasteiger partial charge in [-0.2, -0.15) is 0 Å². The standard InChI is InChI=1S/C13H15N3O2/c1-2-11-12(18-9-17-11)7-10(1)8-14-4-3-13-15-5-6-16-13/h1-2,5-7,14H,3-4,8-9H2,(H,15,16). The molecule has 0 amide bonds. The summed E-state index contributed by atoms with van der Waals surface area (Å²) < 4.78 is 10.6. The fourth-order valence-electron chi connectivity index (χ4n) is 1.93. The lowest BCUT2D eigenvalue weighted by atomic mass is 10.2. The number of nitrogens with zero attached hydrogens (tertiary/aromatic N) is 1. The van der Waals surface area contributed by atoms with Gasteiger partial charge in [-0.25, -0.2) is 4.98 Å². The smallest absolute Gasteiger partial charge is 0.231 e. The van der Waals surface area contributed by atoms with Crippen molar-refractivity contribution in [3.05, 3.63) is 42.0 Å². The van der Waals surface area contributed by atoms with Gasteiger partial charge in [0.05, 0.1) is 0 Å². The molecule has 0 saturated carbocycles. The molecule has 3 rings (SSSR count). The van der Waals surface area contributed by atoms with E-state index in [1.54, 1.807) is 6.20 Å². The van der Waals surface area contributed by atoms with Crippen LogP contribution in [0.15, 0.2) is 30.6 Å². The van der Waals surface area contributed by atoms with Crippen molar-refractivity contribution >= 4 is 0 Å². The Bertz CT molecular complexity index is 511. The molecule has 1 aliphatic rings. The minimum atomic E-state index is 0.324. The molecule has 2 heterocycles. The van der Waals surface area contributed by atoms with Crippen LogP contribution >= 0.6 is 0 Å². The Balaban J connectivity index is 1.48. The van der Waals surface area contributed by atoms with Crippen LogP contribution < -0.4 is 14.8 Å². The molecule has 0 bridgehead atoms. The van der Waals surface area contributed by atoms with Crippen LogP contribution in [0.5, 0.6) is 11.5 Å². The van der Waals surface area contributed by atoms with Gasteiger partial charge in [0.15, 0.2) is 11.5 Å². The molecule has 5 heteroatoms. The average molecular weight is 245 g/mol. The van der Waals surface area contributed by atoms with Crippen molar-refractivity contribution in [3.63, 3.8) is 0 Å². The van der Waals surface area contributed by atoms with E-state index < -0.39 is 0 Å². The van der Waals surface area contributed by atoms with Gasteiger partial charge in [-0.15, -0.1) is 0 Å². The van der Waals surface area contributed by atoms with Gasteiger partial charge in [-0.1, -0.05) is 6.07 Å². The first-order valence-corrected chi connectivity index (χ1v) is 5.99. The lowest BCUT2D eigenvalue weighted by Crippen LogP contribution is -2.17. The summed E-state index contributed by atoms with van der Waals surface area (Å²) in [7, 11) is 0. The third kappa shape index (κ3) is 2.46. The number of H-pyrrole nitrogens is 1. The van der Waals surface area contributed by atoms with E-state index in [-0.39, 0.29) is 0 Å². The van der Waals surface area contributed by atoms with E-state index in [4.69, 9.17) is 9.47 Å². The highest BCUT2D eigenvalue weighted by Gasteiger charge is 2.12. The number of aromatic nitrogens is 2. The minimum Gasteiger partial charge on any atom is -0.454 e. The van der Waals surface area contributed by atoms with Crippen molar-refractivity contribution in [2.75, 3.05) is 13.3 Å². The zero-order valence-corrected chi connectivity index (χ0v) is 9.98. The van der Waals surface area contributed by atoms with Crippen LogP contribution in [-0.4, -0.2) is 23.3 Å². The number of hydrogen-bond acceptors (Lipinski definition) is 4. The number of imidazole rings is 1. The van der Waals surface area contributed by atoms with Gasteiger partial charge in [-0.3, -0.25) is 0 Å². The maximum absolute atomic E-state index is 5.34. The van der Waals surface area contributed by atoms with Crippen LogP contribution in [0.2, 0.25) is 0 Å². The first kappa shape index (κ1) is 11.1. The largest absolute Gasteiger partial charge is 0.454 e. The van der Waals surface area contributed by atoms with Gasteiger partial charge >= 0.3 is 0 Å². The molecule has 0 atom stereocenters. The molecule has 0 saturated heterocycles. The summed E-state index contributed by atoms with van der Waals surface area (Å²) in [6.07, 6.45) is 4.51. The maximum Gasteiger partial charge on any atom is 0.231 e. The molecule has 2 aromatic rings. The first-order chi connectivity index (χ1) is 8.92. The molecule has 0 unspecified atom stereocenters. The summed E-state index contributed by atoms with van der Waals surface area (Å²) in [5.41, 5.74) is 1.19. The number of rotatable bonds is 5.